The van der Waals surface area contributed by atoms with Crippen LogP contribution in [0, 0.1) is 5.92 Å². The molecule has 0 spiro atoms. The predicted molar refractivity (Wildman–Crippen MR) is 156 cm³/mol. The van der Waals surface area contributed by atoms with Gasteiger partial charge in [0.15, 0.2) is 6.10 Å². The van der Waals surface area contributed by atoms with Crippen molar-refractivity contribution >= 4 is 29.2 Å². The molecule has 0 aromatic heterocycles. The Labute approximate surface area is 241 Å². The number of hydrogen-bond donors (Lipinski definition) is 1. The molecule has 1 aromatic carbocycles. The van der Waals surface area contributed by atoms with Crippen molar-refractivity contribution in [3.8, 4) is 5.75 Å². The van der Waals surface area contributed by atoms with Crippen LogP contribution in [0.15, 0.2) is 18.2 Å². The highest BCUT2D eigenvalue weighted by atomic mass is 35.5. The Hall–Kier alpha value is -1.09. The van der Waals surface area contributed by atoms with Gasteiger partial charge in [-0.3, -0.25) is 0 Å². The second-order valence-electron chi connectivity index (χ2n) is 12.8. The summed E-state index contributed by atoms with van der Waals surface area (Å²) in [5.74, 6) is 0.682. The van der Waals surface area contributed by atoms with E-state index in [0.29, 0.717) is 15.8 Å². The molecule has 0 bridgehead atoms. The summed E-state index contributed by atoms with van der Waals surface area (Å²) in [5.41, 5.74) is -1.34. The van der Waals surface area contributed by atoms with E-state index in [-0.39, 0.29) is 22.4 Å². The van der Waals surface area contributed by atoms with Crippen molar-refractivity contribution < 1.29 is 34.2 Å². The maximum absolute atomic E-state index is 10.5. The van der Waals surface area contributed by atoms with Crippen molar-refractivity contribution in [1.82, 2.24) is 0 Å². The van der Waals surface area contributed by atoms with E-state index in [4.69, 9.17) is 52.6 Å². The normalized spacial score (nSPS) is 13.2. The largest absolute Gasteiger partial charge is 0.479 e. The molecule has 1 atom stereocenters. The predicted octanol–water partition coefficient (Wildman–Crippen LogP) is 9.28. The van der Waals surface area contributed by atoms with Gasteiger partial charge in [0.1, 0.15) is 5.75 Å². The lowest BCUT2D eigenvalue weighted by atomic mass is 9.94. The fraction of sp³-hybridized carbons (Fsp3) is 0.724. The Morgan fingerprint density at radius 3 is 1.45 bits per heavy atom. The summed E-state index contributed by atoms with van der Waals surface area (Å²) in [7, 11) is 0. The van der Waals surface area contributed by atoms with Gasteiger partial charge in [-0.15, -0.1) is 0 Å². The molecule has 0 amide bonds. The molecule has 9 heteroatoms. The van der Waals surface area contributed by atoms with E-state index in [1.807, 2.05) is 69.2 Å². The number of benzene rings is 1. The monoisotopic (exact) mass is 581 g/mol. The summed E-state index contributed by atoms with van der Waals surface area (Å²) < 4.78 is 5.07. The topological polar surface area (TPSA) is 83.5 Å². The molecule has 0 heterocycles. The van der Waals surface area contributed by atoms with Crippen LogP contribution in [0.3, 0.4) is 0 Å². The first-order chi connectivity index (χ1) is 16.9. The van der Waals surface area contributed by atoms with Gasteiger partial charge in [0.05, 0.1) is 27.4 Å². The van der Waals surface area contributed by atoms with Crippen LogP contribution < -0.4 is 4.74 Å². The molecular formula is C29H51Cl2O7. The van der Waals surface area contributed by atoms with E-state index >= 15 is 0 Å². The summed E-state index contributed by atoms with van der Waals surface area (Å²) in [6.45, 7) is 27.5. The average molecular weight is 583 g/mol. The van der Waals surface area contributed by atoms with E-state index in [1.54, 1.807) is 6.07 Å². The van der Waals surface area contributed by atoms with E-state index in [2.05, 4.69) is 20.8 Å². The molecule has 0 saturated heterocycles. The zero-order chi connectivity index (χ0) is 30.5. The minimum atomic E-state index is -1.05. The standard InChI is InChI=1S/C16H34O4.C9H8Cl2O3.C4H9/c1-13(2,3)17-19-15(7,8)11-12-16(9,10)20-18-14(4,5)6;1-5(9(12)13)14-8-3-2-6(10)4-7(8)11;1-4(2)3/h11-12H2,1-10H3;2-5H,1H3,(H,12,13);1-3H3. The summed E-state index contributed by atoms with van der Waals surface area (Å²) >= 11 is 11.4. The number of carboxylic acid groups (broad SMARTS) is 1. The smallest absolute Gasteiger partial charge is 0.344 e. The number of hydrogen-bond acceptors (Lipinski definition) is 6. The second-order valence-corrected chi connectivity index (χ2v) is 13.6. The summed E-state index contributed by atoms with van der Waals surface area (Å²) in [6, 6.07) is 4.61. The van der Waals surface area contributed by atoms with Crippen molar-refractivity contribution in [1.29, 1.82) is 0 Å². The van der Waals surface area contributed by atoms with Gasteiger partial charge in [-0.2, -0.15) is 0 Å². The molecule has 0 aliphatic heterocycles. The third-order valence-electron chi connectivity index (χ3n) is 3.91. The van der Waals surface area contributed by atoms with Crippen LogP contribution >= 0.6 is 23.2 Å². The highest BCUT2D eigenvalue weighted by Gasteiger charge is 2.30. The van der Waals surface area contributed by atoms with Gasteiger partial charge in [-0.25, -0.2) is 24.3 Å². The molecule has 1 radical (unpaired) electrons. The van der Waals surface area contributed by atoms with Gasteiger partial charge in [-0.1, -0.05) is 44.0 Å². The van der Waals surface area contributed by atoms with Crippen LogP contribution in [-0.2, 0) is 24.3 Å². The molecule has 1 unspecified atom stereocenters. The Kier molecular flexibility index (Phi) is 17.4. The number of rotatable bonds is 10. The van der Waals surface area contributed by atoms with Crippen LogP contribution in [0.2, 0.25) is 10.0 Å². The van der Waals surface area contributed by atoms with Gasteiger partial charge in [0.2, 0.25) is 0 Å². The number of halogens is 2. The summed E-state index contributed by atoms with van der Waals surface area (Å²) in [5, 5.41) is 9.37. The average Bonchev–Trinajstić information content (AvgIpc) is 2.71. The Morgan fingerprint density at radius 2 is 1.16 bits per heavy atom. The van der Waals surface area contributed by atoms with Crippen LogP contribution in [-0.4, -0.2) is 39.6 Å². The number of aliphatic carboxylic acids is 1. The number of ether oxygens (including phenoxy) is 1. The van der Waals surface area contributed by atoms with Crippen molar-refractivity contribution in [3.63, 3.8) is 0 Å². The van der Waals surface area contributed by atoms with Crippen molar-refractivity contribution in [3.05, 3.63) is 34.2 Å². The van der Waals surface area contributed by atoms with E-state index in [0.717, 1.165) is 12.8 Å². The van der Waals surface area contributed by atoms with Gasteiger partial charge < -0.3 is 9.84 Å². The zero-order valence-corrected chi connectivity index (χ0v) is 27.4. The number of carbonyl (C=O) groups is 1. The molecule has 1 N–H and O–H groups in total. The highest BCUT2D eigenvalue weighted by Crippen LogP contribution is 2.29. The maximum Gasteiger partial charge on any atom is 0.344 e. The molecular weight excluding hydrogens is 531 g/mol. The van der Waals surface area contributed by atoms with Crippen LogP contribution in [0.1, 0.15) is 110 Å². The summed E-state index contributed by atoms with van der Waals surface area (Å²) in [6.07, 6.45) is 0.682. The first-order valence-electron chi connectivity index (χ1n) is 12.7. The Bertz CT molecular complexity index is 777. The third kappa shape index (κ3) is 24.0. The van der Waals surface area contributed by atoms with Crippen LogP contribution in [0.5, 0.6) is 5.75 Å². The van der Waals surface area contributed by atoms with E-state index in [1.165, 1.54) is 25.0 Å². The quantitative estimate of drug-likeness (QED) is 0.217. The molecule has 7 nitrogen and oxygen atoms in total. The minimum absolute atomic E-state index is 0.297. The zero-order valence-electron chi connectivity index (χ0n) is 25.9. The lowest BCUT2D eigenvalue weighted by Crippen LogP contribution is -2.35. The second kappa shape index (κ2) is 16.9. The molecule has 1 rings (SSSR count). The first-order valence-corrected chi connectivity index (χ1v) is 13.5. The summed E-state index contributed by atoms with van der Waals surface area (Å²) in [4.78, 5) is 32.4. The van der Waals surface area contributed by atoms with Gasteiger partial charge in [0, 0.05) is 5.02 Å². The minimum Gasteiger partial charge on any atom is -0.479 e. The van der Waals surface area contributed by atoms with Crippen molar-refractivity contribution in [2.75, 3.05) is 0 Å². The van der Waals surface area contributed by atoms with Crippen molar-refractivity contribution in [2.45, 2.75) is 138 Å². The fourth-order valence-corrected chi connectivity index (χ4v) is 2.43. The molecule has 38 heavy (non-hydrogen) atoms. The Morgan fingerprint density at radius 1 is 0.789 bits per heavy atom. The molecule has 0 saturated carbocycles. The Balaban J connectivity index is 0. The molecule has 0 fully saturated rings. The van der Waals surface area contributed by atoms with Crippen LogP contribution in [0.4, 0.5) is 0 Å². The molecule has 1 aromatic rings. The fourth-order valence-electron chi connectivity index (χ4n) is 1.97. The molecule has 0 aliphatic carbocycles. The van der Waals surface area contributed by atoms with Gasteiger partial charge >= 0.3 is 5.97 Å². The van der Waals surface area contributed by atoms with E-state index in [9.17, 15) is 4.79 Å². The molecule has 223 valence electrons. The molecule has 0 aliphatic rings. The van der Waals surface area contributed by atoms with E-state index < -0.39 is 12.1 Å². The first kappa shape index (κ1) is 39.1. The SMILES string of the molecule is CC(C)(C)OOC(C)(C)CCC(C)(C)OOC(C)(C)C.CC(Oc1ccc(Cl)cc1Cl)C(=O)O.C[C](C)C. The van der Waals surface area contributed by atoms with Gasteiger partial charge in [0.25, 0.3) is 0 Å². The lowest BCUT2D eigenvalue weighted by molar-refractivity contribution is -0.410. The number of carboxylic acids is 1. The van der Waals surface area contributed by atoms with Gasteiger partial charge in [-0.05, 0) is 113 Å². The highest BCUT2D eigenvalue weighted by molar-refractivity contribution is 6.35. The maximum atomic E-state index is 10.5. The van der Waals surface area contributed by atoms with Crippen molar-refractivity contribution in [2.24, 2.45) is 0 Å². The van der Waals surface area contributed by atoms with Crippen LogP contribution in [0.25, 0.3) is 0 Å². The lowest BCUT2D eigenvalue weighted by Gasteiger charge is -2.33. The third-order valence-corrected chi connectivity index (χ3v) is 4.44.